The third-order valence-electron chi connectivity index (χ3n) is 2.10. The molecular formula is C9H11N3OS3. The van der Waals surface area contributed by atoms with Crippen molar-refractivity contribution in [2.24, 2.45) is 0 Å². The molecular weight excluding hydrogens is 262 g/mol. The number of aromatic amines is 1. The van der Waals surface area contributed by atoms with Crippen molar-refractivity contribution >= 4 is 34.4 Å². The predicted molar refractivity (Wildman–Crippen MR) is 69.7 cm³/mol. The Bertz CT molecular complexity index is 541. The molecule has 86 valence electrons. The smallest absolute Gasteiger partial charge is 0.195 e. The topological polar surface area (TPSA) is 50.7 Å². The normalized spacial score (nSPS) is 12.8. The van der Waals surface area contributed by atoms with Crippen LogP contribution in [0.1, 0.15) is 0 Å². The number of H-pyrrole nitrogens is 1. The van der Waals surface area contributed by atoms with Crippen LogP contribution < -0.4 is 0 Å². The van der Waals surface area contributed by atoms with Crippen LogP contribution in [0.25, 0.3) is 10.7 Å². The fourth-order valence-corrected chi connectivity index (χ4v) is 2.72. The Balaban J connectivity index is 2.33. The van der Waals surface area contributed by atoms with E-state index in [0.29, 0.717) is 17.1 Å². The molecule has 0 saturated carbocycles. The lowest BCUT2D eigenvalue weighted by Crippen LogP contribution is -2.07. The van der Waals surface area contributed by atoms with E-state index in [9.17, 15) is 4.21 Å². The van der Waals surface area contributed by atoms with Crippen LogP contribution in [0.15, 0.2) is 17.5 Å². The molecule has 7 heteroatoms. The van der Waals surface area contributed by atoms with Crippen molar-refractivity contribution in [3.63, 3.8) is 0 Å². The van der Waals surface area contributed by atoms with Crippen molar-refractivity contribution in [1.82, 2.24) is 14.8 Å². The summed E-state index contributed by atoms with van der Waals surface area (Å²) < 4.78 is 13.6. The molecule has 16 heavy (non-hydrogen) atoms. The maximum atomic E-state index is 11.1. The van der Waals surface area contributed by atoms with E-state index in [1.807, 2.05) is 22.1 Å². The van der Waals surface area contributed by atoms with E-state index in [1.165, 1.54) is 0 Å². The molecule has 0 amide bonds. The van der Waals surface area contributed by atoms with Crippen LogP contribution in [0, 0.1) is 4.77 Å². The molecule has 4 nitrogen and oxygen atoms in total. The quantitative estimate of drug-likeness (QED) is 0.867. The lowest BCUT2D eigenvalue weighted by molar-refractivity contribution is 0.677. The Hall–Kier alpha value is -0.790. The van der Waals surface area contributed by atoms with Crippen LogP contribution in [-0.4, -0.2) is 31.0 Å². The number of hydrogen-bond acceptors (Lipinski definition) is 4. The van der Waals surface area contributed by atoms with Gasteiger partial charge in [0.05, 0.1) is 4.88 Å². The summed E-state index contributed by atoms with van der Waals surface area (Å²) >= 11 is 6.76. The van der Waals surface area contributed by atoms with Gasteiger partial charge in [-0.15, -0.1) is 11.3 Å². The van der Waals surface area contributed by atoms with Crippen LogP contribution >= 0.6 is 23.6 Å². The SMILES string of the molecule is CS(=O)CCn1c(-c2cccs2)n[nH]c1=S. The number of rotatable bonds is 4. The standard InChI is InChI=1S/C9H11N3OS3/c1-16(13)6-4-12-8(10-11-9(12)14)7-3-2-5-15-7/h2-3,5H,4,6H2,1H3,(H,11,14). The number of nitrogens with one attached hydrogen (secondary N) is 1. The molecule has 1 unspecified atom stereocenters. The fraction of sp³-hybridized carbons (Fsp3) is 0.333. The van der Waals surface area contributed by atoms with Gasteiger partial charge in [-0.25, -0.2) is 0 Å². The van der Waals surface area contributed by atoms with Gasteiger partial charge in [-0.2, -0.15) is 5.10 Å². The van der Waals surface area contributed by atoms with E-state index in [4.69, 9.17) is 12.2 Å². The summed E-state index contributed by atoms with van der Waals surface area (Å²) in [6.07, 6.45) is 1.69. The van der Waals surface area contributed by atoms with E-state index >= 15 is 0 Å². The third-order valence-corrected chi connectivity index (χ3v) is 4.04. The Kier molecular flexibility index (Phi) is 3.67. The molecule has 2 heterocycles. The van der Waals surface area contributed by atoms with Gasteiger partial charge in [-0.05, 0) is 23.7 Å². The van der Waals surface area contributed by atoms with Gasteiger partial charge in [0.1, 0.15) is 0 Å². The summed E-state index contributed by atoms with van der Waals surface area (Å²) in [5.41, 5.74) is 0. The minimum absolute atomic E-state index is 0.578. The second-order valence-electron chi connectivity index (χ2n) is 3.26. The number of hydrogen-bond donors (Lipinski definition) is 1. The molecule has 2 rings (SSSR count). The minimum atomic E-state index is -0.819. The van der Waals surface area contributed by atoms with Gasteiger partial charge in [-0.3, -0.25) is 13.9 Å². The van der Waals surface area contributed by atoms with Crippen LogP contribution in [0.4, 0.5) is 0 Å². The maximum absolute atomic E-state index is 11.1. The van der Waals surface area contributed by atoms with Crippen LogP contribution in [0.2, 0.25) is 0 Å². The largest absolute Gasteiger partial charge is 0.299 e. The molecule has 2 aromatic rings. The van der Waals surface area contributed by atoms with E-state index in [-0.39, 0.29) is 0 Å². The van der Waals surface area contributed by atoms with Crippen LogP contribution in [0.3, 0.4) is 0 Å². The molecule has 0 radical (unpaired) electrons. The lowest BCUT2D eigenvalue weighted by atomic mass is 10.4. The first-order valence-electron chi connectivity index (χ1n) is 4.67. The Morgan fingerprint density at radius 3 is 3.12 bits per heavy atom. The van der Waals surface area contributed by atoms with Crippen molar-refractivity contribution in [3.8, 4) is 10.7 Å². The average Bonchev–Trinajstić information content (AvgIpc) is 2.83. The maximum Gasteiger partial charge on any atom is 0.195 e. The molecule has 0 bridgehead atoms. The van der Waals surface area contributed by atoms with E-state index in [1.54, 1.807) is 17.6 Å². The fourth-order valence-electron chi connectivity index (χ4n) is 1.34. The van der Waals surface area contributed by atoms with Gasteiger partial charge in [0.2, 0.25) is 0 Å². The van der Waals surface area contributed by atoms with Crippen molar-refractivity contribution in [3.05, 3.63) is 22.3 Å². The zero-order chi connectivity index (χ0) is 11.5. The van der Waals surface area contributed by atoms with Gasteiger partial charge in [0.25, 0.3) is 0 Å². The average molecular weight is 273 g/mol. The highest BCUT2D eigenvalue weighted by Crippen LogP contribution is 2.22. The molecule has 2 aromatic heterocycles. The molecule has 1 N–H and O–H groups in total. The highest BCUT2D eigenvalue weighted by Gasteiger charge is 2.09. The number of thiophene rings is 1. The molecule has 0 saturated heterocycles. The van der Waals surface area contributed by atoms with Crippen molar-refractivity contribution in [2.45, 2.75) is 6.54 Å². The van der Waals surface area contributed by atoms with Crippen molar-refractivity contribution < 1.29 is 4.21 Å². The summed E-state index contributed by atoms with van der Waals surface area (Å²) in [5, 5.41) is 8.96. The van der Waals surface area contributed by atoms with E-state index in [2.05, 4.69) is 10.2 Å². The van der Waals surface area contributed by atoms with Gasteiger partial charge in [0.15, 0.2) is 10.6 Å². The van der Waals surface area contributed by atoms with Gasteiger partial charge in [0, 0.05) is 29.4 Å². The molecule has 0 aliphatic carbocycles. The van der Waals surface area contributed by atoms with Crippen molar-refractivity contribution in [1.29, 1.82) is 0 Å². The first kappa shape index (κ1) is 11.7. The Morgan fingerprint density at radius 1 is 1.69 bits per heavy atom. The van der Waals surface area contributed by atoms with E-state index < -0.39 is 10.8 Å². The molecule has 0 aliphatic heterocycles. The summed E-state index contributed by atoms with van der Waals surface area (Å²) in [6.45, 7) is 0.631. The molecule has 0 spiro atoms. The van der Waals surface area contributed by atoms with Gasteiger partial charge >= 0.3 is 0 Å². The summed E-state index contributed by atoms with van der Waals surface area (Å²) in [4.78, 5) is 1.06. The third kappa shape index (κ3) is 2.47. The zero-order valence-corrected chi connectivity index (χ0v) is 11.1. The highest BCUT2D eigenvalue weighted by molar-refractivity contribution is 7.84. The molecule has 1 atom stereocenters. The van der Waals surface area contributed by atoms with Crippen LogP contribution in [-0.2, 0) is 17.3 Å². The van der Waals surface area contributed by atoms with Crippen LogP contribution in [0.5, 0.6) is 0 Å². The number of aromatic nitrogens is 3. The van der Waals surface area contributed by atoms with E-state index in [0.717, 1.165) is 10.7 Å². The number of nitrogens with zero attached hydrogens (tertiary/aromatic N) is 2. The Labute approximate surface area is 105 Å². The first-order chi connectivity index (χ1) is 7.68. The lowest BCUT2D eigenvalue weighted by Gasteiger charge is -2.03. The first-order valence-corrected chi connectivity index (χ1v) is 7.69. The summed E-state index contributed by atoms with van der Waals surface area (Å²) in [6, 6.07) is 3.97. The second-order valence-corrected chi connectivity index (χ2v) is 6.15. The Morgan fingerprint density at radius 2 is 2.50 bits per heavy atom. The zero-order valence-electron chi connectivity index (χ0n) is 8.67. The molecule has 0 aromatic carbocycles. The van der Waals surface area contributed by atoms with Crippen molar-refractivity contribution in [2.75, 3.05) is 12.0 Å². The molecule has 0 aliphatic rings. The molecule has 0 fully saturated rings. The summed E-state index contributed by atoms with van der Waals surface area (Å²) in [7, 11) is -0.819. The van der Waals surface area contributed by atoms with Gasteiger partial charge < -0.3 is 0 Å². The van der Waals surface area contributed by atoms with Gasteiger partial charge in [-0.1, -0.05) is 6.07 Å². The summed E-state index contributed by atoms with van der Waals surface area (Å²) in [5.74, 6) is 1.41. The second kappa shape index (κ2) is 5.03. The minimum Gasteiger partial charge on any atom is -0.299 e. The highest BCUT2D eigenvalue weighted by atomic mass is 32.2. The monoisotopic (exact) mass is 273 g/mol. The predicted octanol–water partition coefficient (Wildman–Crippen LogP) is 2.05.